The number of sulfonamides is 1. The standard InChI is InChI=1S/C17H14N4O5S/c1-21-14-8-12(2-3-15(14)26-17(21)22)27(23,24)20-9-13-16(19-6-5-18-13)11-4-7-25-10-11/h2-8,10,20H,9H2,1H3. The minimum atomic E-state index is -3.84. The maximum Gasteiger partial charge on any atom is 0.419 e. The van der Waals surface area contributed by atoms with Gasteiger partial charge in [-0.25, -0.2) is 17.9 Å². The van der Waals surface area contributed by atoms with E-state index in [4.69, 9.17) is 8.83 Å². The van der Waals surface area contributed by atoms with E-state index in [0.717, 1.165) is 0 Å². The molecule has 10 heteroatoms. The average molecular weight is 386 g/mol. The van der Waals surface area contributed by atoms with Crippen molar-refractivity contribution in [2.24, 2.45) is 7.05 Å². The second kappa shape index (κ2) is 6.49. The Morgan fingerprint density at radius 3 is 2.78 bits per heavy atom. The highest BCUT2D eigenvalue weighted by atomic mass is 32.2. The highest BCUT2D eigenvalue weighted by Gasteiger charge is 2.18. The van der Waals surface area contributed by atoms with E-state index < -0.39 is 15.8 Å². The first-order valence-electron chi connectivity index (χ1n) is 7.87. The van der Waals surface area contributed by atoms with Crippen molar-refractivity contribution in [2.75, 3.05) is 0 Å². The number of aryl methyl sites for hydroxylation is 1. The molecule has 9 nitrogen and oxygen atoms in total. The zero-order valence-corrected chi connectivity index (χ0v) is 14.9. The van der Waals surface area contributed by atoms with Crippen molar-refractivity contribution < 1.29 is 17.3 Å². The summed E-state index contributed by atoms with van der Waals surface area (Å²) in [5.74, 6) is -0.558. The van der Waals surface area contributed by atoms with E-state index in [0.29, 0.717) is 28.1 Å². The zero-order chi connectivity index (χ0) is 19.0. The summed E-state index contributed by atoms with van der Waals surface area (Å²) in [7, 11) is -2.33. The van der Waals surface area contributed by atoms with Gasteiger partial charge >= 0.3 is 5.76 Å². The third kappa shape index (κ3) is 3.15. The lowest BCUT2D eigenvalue weighted by atomic mass is 10.2. The number of hydrogen-bond acceptors (Lipinski definition) is 7. The molecular weight excluding hydrogens is 372 g/mol. The second-order valence-corrected chi connectivity index (χ2v) is 7.51. The van der Waals surface area contributed by atoms with Crippen molar-refractivity contribution in [2.45, 2.75) is 11.4 Å². The summed E-state index contributed by atoms with van der Waals surface area (Å²) in [6.07, 6.45) is 6.02. The molecule has 0 amide bonds. The highest BCUT2D eigenvalue weighted by Crippen LogP contribution is 2.21. The number of hydrogen-bond donors (Lipinski definition) is 1. The first-order valence-corrected chi connectivity index (χ1v) is 9.36. The predicted molar refractivity (Wildman–Crippen MR) is 95.2 cm³/mol. The summed E-state index contributed by atoms with van der Waals surface area (Å²) < 4.78 is 39.2. The normalized spacial score (nSPS) is 11.9. The minimum absolute atomic E-state index is 0.0140. The fourth-order valence-electron chi connectivity index (χ4n) is 2.66. The molecule has 0 fully saturated rings. The van der Waals surface area contributed by atoms with Crippen LogP contribution in [-0.2, 0) is 23.6 Å². The van der Waals surface area contributed by atoms with Crippen LogP contribution in [0, 0.1) is 0 Å². The van der Waals surface area contributed by atoms with Crippen LogP contribution in [-0.4, -0.2) is 23.0 Å². The number of benzene rings is 1. The van der Waals surface area contributed by atoms with E-state index in [1.54, 1.807) is 6.07 Å². The molecule has 1 N–H and O–H groups in total. The Morgan fingerprint density at radius 2 is 2.00 bits per heavy atom. The first kappa shape index (κ1) is 17.2. The van der Waals surface area contributed by atoms with Crippen molar-refractivity contribution in [3.63, 3.8) is 0 Å². The molecule has 1 aromatic carbocycles. The van der Waals surface area contributed by atoms with Gasteiger partial charge in [0.15, 0.2) is 5.58 Å². The largest absolute Gasteiger partial charge is 0.472 e. The molecular formula is C17H14N4O5S. The predicted octanol–water partition coefficient (Wildman–Crippen LogP) is 1.66. The van der Waals surface area contributed by atoms with Crippen LogP contribution < -0.4 is 10.5 Å². The maximum atomic E-state index is 12.7. The number of aromatic nitrogens is 3. The lowest BCUT2D eigenvalue weighted by Crippen LogP contribution is -2.24. The Balaban J connectivity index is 1.64. The van der Waals surface area contributed by atoms with Crippen LogP contribution in [0.15, 0.2) is 67.7 Å². The molecule has 0 saturated heterocycles. The number of fused-ring (bicyclic) bond motifs is 1. The molecule has 0 radical (unpaired) electrons. The fraction of sp³-hybridized carbons (Fsp3) is 0.118. The Morgan fingerprint density at radius 1 is 1.19 bits per heavy atom. The topological polar surface area (TPSA) is 120 Å². The summed E-state index contributed by atoms with van der Waals surface area (Å²) in [4.78, 5) is 20.0. The number of oxazole rings is 1. The summed E-state index contributed by atoms with van der Waals surface area (Å²) in [5, 5.41) is 0. The van der Waals surface area contributed by atoms with Gasteiger partial charge in [-0.05, 0) is 24.3 Å². The van der Waals surface area contributed by atoms with E-state index in [-0.39, 0.29) is 11.4 Å². The van der Waals surface area contributed by atoms with Gasteiger partial charge < -0.3 is 8.83 Å². The molecule has 0 atom stereocenters. The van der Waals surface area contributed by atoms with E-state index in [9.17, 15) is 13.2 Å². The minimum Gasteiger partial charge on any atom is -0.472 e. The summed E-state index contributed by atoms with van der Waals surface area (Å²) in [5.41, 5.74) is 2.40. The van der Waals surface area contributed by atoms with Crippen LogP contribution in [0.2, 0.25) is 0 Å². The second-order valence-electron chi connectivity index (χ2n) is 5.74. The molecule has 0 aliphatic heterocycles. The molecule has 0 saturated carbocycles. The van der Waals surface area contributed by atoms with Gasteiger partial charge in [0.1, 0.15) is 0 Å². The van der Waals surface area contributed by atoms with Gasteiger partial charge in [0.25, 0.3) is 0 Å². The van der Waals surface area contributed by atoms with Gasteiger partial charge in [-0.1, -0.05) is 0 Å². The fourth-order valence-corrected chi connectivity index (χ4v) is 3.66. The van der Waals surface area contributed by atoms with Gasteiger partial charge in [0.2, 0.25) is 10.0 Å². The SMILES string of the molecule is Cn1c(=O)oc2ccc(S(=O)(=O)NCc3nccnc3-c3ccoc3)cc21. The highest BCUT2D eigenvalue weighted by molar-refractivity contribution is 7.89. The van der Waals surface area contributed by atoms with E-state index >= 15 is 0 Å². The lowest BCUT2D eigenvalue weighted by molar-refractivity contribution is 0.528. The van der Waals surface area contributed by atoms with Crippen LogP contribution >= 0.6 is 0 Å². The van der Waals surface area contributed by atoms with E-state index in [2.05, 4.69) is 14.7 Å². The molecule has 138 valence electrons. The van der Waals surface area contributed by atoms with Crippen molar-refractivity contribution >= 4 is 21.1 Å². The van der Waals surface area contributed by atoms with Gasteiger partial charge in [-0.3, -0.25) is 14.5 Å². The van der Waals surface area contributed by atoms with Crippen molar-refractivity contribution in [3.8, 4) is 11.3 Å². The molecule has 0 aliphatic rings. The van der Waals surface area contributed by atoms with E-state index in [1.807, 2.05) is 0 Å². The molecule has 0 unspecified atom stereocenters. The molecule has 4 aromatic rings. The third-order valence-electron chi connectivity index (χ3n) is 4.07. The van der Waals surface area contributed by atoms with Crippen LogP contribution in [0.5, 0.6) is 0 Å². The Labute approximate surface area is 153 Å². The quantitative estimate of drug-likeness (QED) is 0.554. The Bertz CT molecular complexity index is 1270. The van der Waals surface area contributed by atoms with Crippen LogP contribution in [0.4, 0.5) is 0 Å². The summed E-state index contributed by atoms with van der Waals surface area (Å²) in [6.45, 7) is -0.0565. The molecule has 3 heterocycles. The Kier molecular flexibility index (Phi) is 4.13. The first-order chi connectivity index (χ1) is 13.0. The van der Waals surface area contributed by atoms with Crippen LogP contribution in [0.1, 0.15) is 5.69 Å². The third-order valence-corrected chi connectivity index (χ3v) is 5.47. The van der Waals surface area contributed by atoms with Gasteiger partial charge in [0, 0.05) is 25.0 Å². The molecule has 0 spiro atoms. The number of rotatable bonds is 5. The number of nitrogens with zero attached hydrogens (tertiary/aromatic N) is 3. The van der Waals surface area contributed by atoms with Crippen molar-refractivity contribution in [3.05, 3.63) is 65.4 Å². The van der Waals surface area contributed by atoms with Gasteiger partial charge in [0.05, 0.1) is 40.9 Å². The summed E-state index contributed by atoms with van der Waals surface area (Å²) in [6, 6.07) is 5.93. The summed E-state index contributed by atoms with van der Waals surface area (Å²) >= 11 is 0. The number of nitrogens with one attached hydrogen (secondary N) is 1. The maximum absolute atomic E-state index is 12.7. The molecule has 3 aromatic heterocycles. The van der Waals surface area contributed by atoms with Crippen LogP contribution in [0.3, 0.4) is 0 Å². The van der Waals surface area contributed by atoms with Crippen molar-refractivity contribution in [1.82, 2.24) is 19.3 Å². The molecule has 4 rings (SSSR count). The molecule has 0 aliphatic carbocycles. The lowest BCUT2D eigenvalue weighted by Gasteiger charge is -2.09. The van der Waals surface area contributed by atoms with Crippen molar-refractivity contribution in [1.29, 1.82) is 0 Å². The molecule has 27 heavy (non-hydrogen) atoms. The molecule has 0 bridgehead atoms. The average Bonchev–Trinajstić information content (AvgIpc) is 3.29. The Hall–Kier alpha value is -3.24. The van der Waals surface area contributed by atoms with Gasteiger partial charge in [-0.2, -0.15) is 0 Å². The monoisotopic (exact) mass is 386 g/mol. The number of furan rings is 1. The van der Waals surface area contributed by atoms with Crippen LogP contribution in [0.25, 0.3) is 22.4 Å². The van der Waals surface area contributed by atoms with Gasteiger partial charge in [-0.15, -0.1) is 0 Å². The zero-order valence-electron chi connectivity index (χ0n) is 14.1. The van der Waals surface area contributed by atoms with E-state index in [1.165, 1.54) is 54.7 Å². The smallest absolute Gasteiger partial charge is 0.419 e.